The van der Waals surface area contributed by atoms with E-state index in [4.69, 9.17) is 4.74 Å². The normalized spacial score (nSPS) is 11.0. The van der Waals surface area contributed by atoms with Crippen molar-refractivity contribution in [3.63, 3.8) is 0 Å². The summed E-state index contributed by atoms with van der Waals surface area (Å²) in [5.41, 5.74) is 1.06. The van der Waals surface area contributed by atoms with Gasteiger partial charge in [0.1, 0.15) is 16.4 Å². The van der Waals surface area contributed by atoms with Crippen molar-refractivity contribution in [3.8, 4) is 17.2 Å². The predicted octanol–water partition coefficient (Wildman–Crippen LogP) is 1.32. The van der Waals surface area contributed by atoms with Gasteiger partial charge in [0.05, 0.1) is 0 Å². The van der Waals surface area contributed by atoms with Gasteiger partial charge in [-0.25, -0.2) is 0 Å². The molecule has 5 nitrogen and oxygen atoms in total. The van der Waals surface area contributed by atoms with Gasteiger partial charge in [-0.15, -0.1) is 0 Å². The number of hydrogen-bond acceptors (Lipinski definition) is 4. The summed E-state index contributed by atoms with van der Waals surface area (Å²) in [5, 5.41) is 11.9. The molecule has 0 spiro atoms. The van der Waals surface area contributed by atoms with Crippen LogP contribution in [0.3, 0.4) is 0 Å². The van der Waals surface area contributed by atoms with E-state index in [1.165, 1.54) is 31.4 Å². The van der Waals surface area contributed by atoms with Crippen LogP contribution in [-0.2, 0) is 16.5 Å². The Morgan fingerprint density at radius 3 is 2.42 bits per heavy atom. The molecule has 26 heavy (non-hydrogen) atoms. The first kappa shape index (κ1) is 23.0. The fourth-order valence-corrected chi connectivity index (χ4v) is 3.24. The molecule has 0 aliphatic rings. The van der Waals surface area contributed by atoms with Gasteiger partial charge in [-0.3, -0.25) is 4.55 Å². The van der Waals surface area contributed by atoms with Crippen LogP contribution in [0.15, 0.2) is 47.4 Å². The molecule has 0 bridgehead atoms. The third-order valence-electron chi connectivity index (χ3n) is 3.91. The van der Waals surface area contributed by atoms with Crippen molar-refractivity contribution in [2.24, 2.45) is 0 Å². The number of para-hydroxylation sites is 1. The van der Waals surface area contributed by atoms with Crippen LogP contribution in [0, 0.1) is 0 Å². The van der Waals surface area contributed by atoms with Crippen molar-refractivity contribution < 1.29 is 52.4 Å². The summed E-state index contributed by atoms with van der Waals surface area (Å²) in [7, 11) is -4.53. The number of aryl methyl sites for hydroxylation is 1. The third kappa shape index (κ3) is 6.93. The Morgan fingerprint density at radius 1 is 1.04 bits per heavy atom. The minimum absolute atomic E-state index is 0. The molecule has 2 rings (SSSR count). The van der Waals surface area contributed by atoms with Gasteiger partial charge in [0.15, 0.2) is 0 Å². The molecule has 136 valence electrons. The molecule has 0 aliphatic heterocycles. The smallest absolute Gasteiger partial charge is 0.870 e. The fourth-order valence-electron chi connectivity index (χ4n) is 2.61. The van der Waals surface area contributed by atoms with Gasteiger partial charge in [0, 0.05) is 0 Å². The van der Waals surface area contributed by atoms with Gasteiger partial charge in [-0.1, -0.05) is 62.6 Å². The molecule has 2 aromatic carbocycles. The average Bonchev–Trinajstić information content (AvgIpc) is 2.56. The Bertz CT molecular complexity index is 805. The quantitative estimate of drug-likeness (QED) is 0.399. The molecule has 0 fully saturated rings. The maximum Gasteiger partial charge on any atom is 1.00 e. The molecule has 0 heterocycles. The number of benzene rings is 2. The first-order valence-corrected chi connectivity index (χ1v) is 9.90. The number of rotatable bonds is 9. The number of hydrogen-bond donors (Lipinski definition) is 1. The Morgan fingerprint density at radius 2 is 1.73 bits per heavy atom. The molecule has 0 atom stereocenters. The fraction of sp³-hybridized carbons (Fsp3) is 0.368. The van der Waals surface area contributed by atoms with Gasteiger partial charge in [0.2, 0.25) is 0 Å². The van der Waals surface area contributed by atoms with Crippen molar-refractivity contribution in [1.29, 1.82) is 0 Å². The minimum Gasteiger partial charge on any atom is -0.870 e. The maximum absolute atomic E-state index is 11.9. The largest absolute Gasteiger partial charge is 1.00 e. The second kappa shape index (κ2) is 10.9. The third-order valence-corrected chi connectivity index (χ3v) is 4.79. The summed E-state index contributed by atoms with van der Waals surface area (Å²) in [6.45, 7) is 2.18. The summed E-state index contributed by atoms with van der Waals surface area (Å²) in [6, 6.07) is 10.8. The molecule has 2 aromatic rings. The van der Waals surface area contributed by atoms with Gasteiger partial charge in [-0.2, -0.15) is 8.42 Å². The van der Waals surface area contributed by atoms with Crippen LogP contribution in [0.2, 0.25) is 0 Å². The number of ether oxygens (including phenoxy) is 1. The van der Waals surface area contributed by atoms with Crippen molar-refractivity contribution in [3.05, 3.63) is 48.0 Å². The van der Waals surface area contributed by atoms with Crippen LogP contribution >= 0.6 is 0 Å². The Hall–Kier alpha value is -1.05. The summed E-state index contributed by atoms with van der Waals surface area (Å²) >= 11 is 0. The van der Waals surface area contributed by atoms with E-state index in [9.17, 15) is 18.1 Å². The topological polar surface area (TPSA) is 86.7 Å². The molecule has 0 radical (unpaired) electrons. The van der Waals surface area contributed by atoms with Gasteiger partial charge < -0.3 is 9.84 Å². The van der Waals surface area contributed by atoms with Crippen molar-refractivity contribution >= 4 is 10.1 Å². The van der Waals surface area contributed by atoms with E-state index in [2.05, 4.69) is 6.92 Å². The van der Waals surface area contributed by atoms with Crippen molar-refractivity contribution in [2.75, 3.05) is 0 Å². The maximum atomic E-state index is 11.9. The Kier molecular flexibility index (Phi) is 9.68. The van der Waals surface area contributed by atoms with E-state index in [0.717, 1.165) is 30.9 Å². The molecular formula is C19H23NaO5S. The summed E-state index contributed by atoms with van der Waals surface area (Å²) in [5.74, 6) is -0.607. The predicted molar refractivity (Wildman–Crippen MR) is 94.7 cm³/mol. The summed E-state index contributed by atoms with van der Waals surface area (Å²) < 4.78 is 37.6. The first-order valence-electron chi connectivity index (χ1n) is 8.46. The van der Waals surface area contributed by atoms with Crippen LogP contribution in [0.4, 0.5) is 0 Å². The zero-order valence-corrected chi connectivity index (χ0v) is 18.1. The monoisotopic (exact) mass is 386 g/mol. The van der Waals surface area contributed by atoms with Crippen LogP contribution in [-0.4, -0.2) is 13.0 Å². The summed E-state index contributed by atoms with van der Waals surface area (Å²) in [6.07, 6.45) is 6.78. The average molecular weight is 386 g/mol. The van der Waals surface area contributed by atoms with Gasteiger partial charge >= 0.3 is 29.6 Å². The van der Waals surface area contributed by atoms with Crippen LogP contribution in [0.5, 0.6) is 17.2 Å². The molecule has 1 N–H and O–H groups in total. The standard InChI is InChI=1S/C19H24O5S.Na/c1-2-3-4-5-6-9-15-10-7-11-16(14-15)24-19-17(20)12-8-13-18(19)25(21,22)23;/h7-8,10-14,20H,2-6,9H2,1H3,(H,21,22,23);/q;+1/p-1. The van der Waals surface area contributed by atoms with Gasteiger partial charge in [0.25, 0.3) is 10.1 Å². The zero-order chi connectivity index (χ0) is 18.3. The Balaban J connectivity index is 0.00000338. The van der Waals surface area contributed by atoms with Crippen LogP contribution < -0.4 is 39.4 Å². The van der Waals surface area contributed by atoms with Crippen LogP contribution in [0.25, 0.3) is 0 Å². The van der Waals surface area contributed by atoms with E-state index >= 15 is 0 Å². The van der Waals surface area contributed by atoms with Gasteiger partial charge in [-0.05, 0) is 36.6 Å². The minimum atomic E-state index is -4.53. The molecule has 0 saturated carbocycles. The molecule has 0 amide bonds. The van der Waals surface area contributed by atoms with Crippen molar-refractivity contribution in [1.82, 2.24) is 0 Å². The zero-order valence-electron chi connectivity index (χ0n) is 15.3. The van der Waals surface area contributed by atoms with E-state index < -0.39 is 20.8 Å². The second-order valence-corrected chi connectivity index (χ2v) is 7.36. The molecule has 0 unspecified atom stereocenters. The number of unbranched alkanes of at least 4 members (excludes halogenated alkanes) is 4. The summed E-state index contributed by atoms with van der Waals surface area (Å²) in [4.78, 5) is -0.523. The molecule has 0 saturated heterocycles. The van der Waals surface area contributed by atoms with E-state index in [1.807, 2.05) is 6.07 Å². The van der Waals surface area contributed by atoms with E-state index in [1.54, 1.807) is 18.2 Å². The Labute approximate surface area is 177 Å². The van der Waals surface area contributed by atoms with E-state index in [0.29, 0.717) is 5.75 Å². The SMILES string of the molecule is CCCCCCCc1cccc(Oc2c([O-])cccc2S(=O)(=O)O)c1.[Na+]. The van der Waals surface area contributed by atoms with E-state index in [-0.39, 0.29) is 35.3 Å². The van der Waals surface area contributed by atoms with Crippen LogP contribution in [0.1, 0.15) is 44.6 Å². The van der Waals surface area contributed by atoms with Crippen molar-refractivity contribution in [2.45, 2.75) is 50.3 Å². The first-order chi connectivity index (χ1) is 11.9. The molecule has 0 aromatic heterocycles. The molecular weight excluding hydrogens is 363 g/mol. The molecule has 0 aliphatic carbocycles. The molecule has 7 heteroatoms. The second-order valence-electron chi connectivity index (χ2n) is 5.97.